The Bertz CT molecular complexity index is 1500. The Morgan fingerprint density at radius 1 is 0.879 bits per heavy atom. The zero-order chi connectivity index (χ0) is 23.6. The maximum absolute atomic E-state index is 12.9. The first-order valence-corrected chi connectivity index (χ1v) is 11.7. The number of aromatic hydroxyl groups is 2. The van der Waals surface area contributed by atoms with Crippen LogP contribution in [0.4, 0.5) is 17.1 Å². The molecule has 0 saturated carbocycles. The highest BCUT2D eigenvalue weighted by molar-refractivity contribution is 7.90. The molecule has 0 bridgehead atoms. The van der Waals surface area contributed by atoms with Crippen molar-refractivity contribution < 1.29 is 23.4 Å². The van der Waals surface area contributed by atoms with Crippen molar-refractivity contribution in [3.05, 3.63) is 84.4 Å². The summed E-state index contributed by atoms with van der Waals surface area (Å²) in [5.74, 6) is -1.22. The van der Waals surface area contributed by atoms with Gasteiger partial charge in [-0.15, -0.1) is 10.2 Å². The predicted octanol–water partition coefficient (Wildman–Crippen LogP) is 5.32. The normalized spacial score (nSPS) is 11.7. The van der Waals surface area contributed by atoms with Crippen LogP contribution in [-0.4, -0.2) is 30.8 Å². The molecule has 33 heavy (non-hydrogen) atoms. The van der Waals surface area contributed by atoms with Crippen molar-refractivity contribution in [1.82, 2.24) is 0 Å². The van der Waals surface area contributed by atoms with E-state index in [1.54, 1.807) is 54.6 Å². The second kappa shape index (κ2) is 8.71. The second-order valence-electron chi connectivity index (χ2n) is 7.29. The third-order valence-electron chi connectivity index (χ3n) is 4.90. The summed E-state index contributed by atoms with van der Waals surface area (Å²) < 4.78 is 23.7. The third-order valence-corrected chi connectivity index (χ3v) is 6.01. The Morgan fingerprint density at radius 3 is 2.30 bits per heavy atom. The van der Waals surface area contributed by atoms with Gasteiger partial charge < -0.3 is 15.5 Å². The fourth-order valence-electron chi connectivity index (χ4n) is 3.23. The van der Waals surface area contributed by atoms with Crippen LogP contribution >= 0.6 is 0 Å². The van der Waals surface area contributed by atoms with Crippen molar-refractivity contribution in [2.75, 3.05) is 11.6 Å². The molecule has 0 saturated heterocycles. The minimum absolute atomic E-state index is 0.00969. The Labute approximate surface area is 189 Å². The standard InChI is InChI=1S/C24H19N3O5S/c1-33(31,32)17-11-12-21(28)20(14-17)26-27-22-18-10-6-5-7-15(18)13-19(23(22)29)24(30)25-16-8-3-2-4-9-16/h2-14,28-29H,1H3,(H,25,30). The molecule has 3 N–H and O–H groups in total. The molecule has 0 radical (unpaired) electrons. The summed E-state index contributed by atoms with van der Waals surface area (Å²) in [4.78, 5) is 12.8. The number of anilines is 1. The number of carbonyl (C=O) groups excluding carboxylic acids is 1. The van der Waals surface area contributed by atoms with Gasteiger partial charge >= 0.3 is 0 Å². The van der Waals surface area contributed by atoms with E-state index in [0.29, 0.717) is 16.5 Å². The number of phenols is 2. The van der Waals surface area contributed by atoms with Gasteiger partial charge in [0.1, 0.15) is 17.1 Å². The number of hydrogen-bond donors (Lipinski definition) is 3. The lowest BCUT2D eigenvalue weighted by Crippen LogP contribution is -2.12. The van der Waals surface area contributed by atoms with Crippen molar-refractivity contribution in [3.8, 4) is 11.5 Å². The molecular weight excluding hydrogens is 442 g/mol. The average molecular weight is 461 g/mol. The summed E-state index contributed by atoms with van der Waals surface area (Å²) in [5, 5.41) is 32.9. The number of hydrogen-bond acceptors (Lipinski definition) is 7. The highest BCUT2D eigenvalue weighted by Gasteiger charge is 2.19. The van der Waals surface area contributed by atoms with Crippen LogP contribution in [0.15, 0.2) is 94.0 Å². The van der Waals surface area contributed by atoms with Gasteiger partial charge in [-0.25, -0.2) is 8.42 Å². The van der Waals surface area contributed by atoms with E-state index in [1.165, 1.54) is 18.2 Å². The summed E-state index contributed by atoms with van der Waals surface area (Å²) in [6.07, 6.45) is 1.04. The van der Waals surface area contributed by atoms with Gasteiger partial charge in [-0.3, -0.25) is 4.79 Å². The number of sulfone groups is 1. The van der Waals surface area contributed by atoms with Crippen LogP contribution in [0, 0.1) is 0 Å². The molecule has 0 fully saturated rings. The first kappa shape index (κ1) is 22.0. The fourth-order valence-corrected chi connectivity index (χ4v) is 3.87. The van der Waals surface area contributed by atoms with Gasteiger partial charge in [-0.2, -0.15) is 0 Å². The van der Waals surface area contributed by atoms with Gasteiger partial charge in [0, 0.05) is 17.3 Å². The van der Waals surface area contributed by atoms with Gasteiger partial charge in [0.15, 0.2) is 15.6 Å². The van der Waals surface area contributed by atoms with Crippen LogP contribution in [-0.2, 0) is 9.84 Å². The predicted molar refractivity (Wildman–Crippen MR) is 125 cm³/mol. The van der Waals surface area contributed by atoms with E-state index in [9.17, 15) is 23.4 Å². The van der Waals surface area contributed by atoms with Gasteiger partial charge in [-0.05, 0) is 41.8 Å². The SMILES string of the molecule is CS(=O)(=O)c1ccc(O)c(N=Nc2c(O)c(C(=O)Nc3ccccc3)cc3ccccc23)c1. The quantitative estimate of drug-likeness (QED) is 0.346. The van der Waals surface area contributed by atoms with Crippen molar-refractivity contribution in [2.45, 2.75) is 4.90 Å². The van der Waals surface area contributed by atoms with Crippen LogP contribution in [0.2, 0.25) is 0 Å². The number of nitrogens with one attached hydrogen (secondary N) is 1. The maximum Gasteiger partial charge on any atom is 0.259 e. The lowest BCUT2D eigenvalue weighted by Gasteiger charge is -2.11. The van der Waals surface area contributed by atoms with E-state index in [1.807, 2.05) is 6.07 Å². The van der Waals surface area contributed by atoms with Crippen molar-refractivity contribution in [2.24, 2.45) is 10.2 Å². The molecule has 4 rings (SSSR count). The average Bonchev–Trinajstić information content (AvgIpc) is 2.79. The van der Waals surface area contributed by atoms with Crippen LogP contribution < -0.4 is 5.32 Å². The number of para-hydroxylation sites is 1. The van der Waals surface area contributed by atoms with Gasteiger partial charge in [-0.1, -0.05) is 42.5 Å². The van der Waals surface area contributed by atoms with Crippen LogP contribution in [0.1, 0.15) is 10.4 Å². The third kappa shape index (κ3) is 4.68. The van der Waals surface area contributed by atoms with Crippen molar-refractivity contribution in [3.63, 3.8) is 0 Å². The molecule has 9 heteroatoms. The van der Waals surface area contributed by atoms with Gasteiger partial charge in [0.05, 0.1) is 10.5 Å². The Kier molecular flexibility index (Phi) is 5.80. The topological polar surface area (TPSA) is 128 Å². The molecule has 166 valence electrons. The molecule has 0 heterocycles. The van der Waals surface area contributed by atoms with E-state index < -0.39 is 21.5 Å². The maximum atomic E-state index is 12.9. The molecule has 0 aliphatic heterocycles. The Balaban J connectivity index is 1.81. The van der Waals surface area contributed by atoms with E-state index >= 15 is 0 Å². The number of amides is 1. The summed E-state index contributed by atoms with van der Waals surface area (Å²) in [5.41, 5.74) is 0.456. The molecule has 0 aliphatic carbocycles. The fraction of sp³-hybridized carbons (Fsp3) is 0.0417. The Morgan fingerprint density at radius 2 is 1.58 bits per heavy atom. The van der Waals surface area contributed by atoms with Crippen molar-refractivity contribution >= 4 is 43.6 Å². The van der Waals surface area contributed by atoms with Crippen LogP contribution in [0.3, 0.4) is 0 Å². The highest BCUT2D eigenvalue weighted by Crippen LogP contribution is 2.40. The largest absolute Gasteiger partial charge is 0.506 e. The Hall–Kier alpha value is -4.24. The number of rotatable bonds is 5. The minimum Gasteiger partial charge on any atom is -0.506 e. The summed E-state index contributed by atoms with van der Waals surface area (Å²) in [6.45, 7) is 0. The molecule has 0 spiro atoms. The van der Waals surface area contributed by atoms with Crippen molar-refractivity contribution in [1.29, 1.82) is 0 Å². The minimum atomic E-state index is -3.53. The molecule has 1 amide bonds. The molecule has 4 aromatic rings. The zero-order valence-corrected chi connectivity index (χ0v) is 18.2. The summed E-state index contributed by atoms with van der Waals surface area (Å²) >= 11 is 0. The first-order chi connectivity index (χ1) is 15.7. The van der Waals surface area contributed by atoms with E-state index in [2.05, 4.69) is 15.5 Å². The number of phenolic OH excluding ortho intramolecular Hbond substituents is 2. The number of fused-ring (bicyclic) bond motifs is 1. The van der Waals surface area contributed by atoms with E-state index in [0.717, 1.165) is 6.26 Å². The molecular formula is C24H19N3O5S. The van der Waals surface area contributed by atoms with Gasteiger partial charge in [0.2, 0.25) is 0 Å². The second-order valence-corrected chi connectivity index (χ2v) is 9.30. The highest BCUT2D eigenvalue weighted by atomic mass is 32.2. The lowest BCUT2D eigenvalue weighted by molar-refractivity contribution is 0.102. The van der Waals surface area contributed by atoms with E-state index in [-0.39, 0.29) is 27.6 Å². The summed E-state index contributed by atoms with van der Waals surface area (Å²) in [6, 6.07) is 21.0. The molecule has 8 nitrogen and oxygen atoms in total. The zero-order valence-electron chi connectivity index (χ0n) is 17.4. The number of azo groups is 1. The van der Waals surface area contributed by atoms with E-state index in [4.69, 9.17) is 0 Å². The molecule has 0 aromatic heterocycles. The monoisotopic (exact) mass is 461 g/mol. The number of benzene rings is 4. The lowest BCUT2D eigenvalue weighted by atomic mass is 10.0. The van der Waals surface area contributed by atoms with Crippen LogP contribution in [0.5, 0.6) is 11.5 Å². The van der Waals surface area contributed by atoms with Gasteiger partial charge in [0.25, 0.3) is 5.91 Å². The number of carbonyl (C=O) groups is 1. The number of nitrogens with zero attached hydrogens (tertiary/aromatic N) is 2. The first-order valence-electron chi connectivity index (χ1n) is 9.80. The van der Waals surface area contributed by atoms with Crippen LogP contribution in [0.25, 0.3) is 10.8 Å². The molecule has 0 atom stereocenters. The summed E-state index contributed by atoms with van der Waals surface area (Å²) in [7, 11) is -3.53. The molecule has 0 aliphatic rings. The molecule has 0 unspecified atom stereocenters. The molecule has 4 aromatic carbocycles. The smallest absolute Gasteiger partial charge is 0.259 e.